The summed E-state index contributed by atoms with van der Waals surface area (Å²) in [6.07, 6.45) is -1.03. The van der Waals surface area contributed by atoms with E-state index in [4.69, 9.17) is 10.5 Å². The number of para-hydroxylation sites is 2. The third kappa shape index (κ3) is 5.76. The maximum atomic E-state index is 11.4. The zero-order chi connectivity index (χ0) is 15.0. The van der Waals surface area contributed by atoms with E-state index in [2.05, 4.69) is 9.46 Å². The van der Waals surface area contributed by atoms with Crippen LogP contribution in [0, 0.1) is 0 Å². The molecule has 1 amide bonds. The number of amides is 1. The summed E-state index contributed by atoms with van der Waals surface area (Å²) >= 11 is 0. The fourth-order valence-electron chi connectivity index (χ4n) is 1.26. The Morgan fingerprint density at radius 3 is 2.70 bits per heavy atom. The van der Waals surface area contributed by atoms with Crippen LogP contribution in [0.15, 0.2) is 24.3 Å². The topological polar surface area (TPSA) is 120 Å². The number of anilines is 1. The van der Waals surface area contributed by atoms with Gasteiger partial charge in [0.05, 0.1) is 12.3 Å². The molecule has 0 aliphatic carbocycles. The van der Waals surface area contributed by atoms with Crippen LogP contribution in [0.25, 0.3) is 0 Å². The number of nitrogens with two attached hydrogens (primary N) is 1. The van der Waals surface area contributed by atoms with Gasteiger partial charge in [-0.25, -0.2) is 9.52 Å². The molecule has 1 aromatic carbocycles. The second-order valence-electron chi connectivity index (χ2n) is 3.61. The lowest BCUT2D eigenvalue weighted by atomic mass is 10.3. The summed E-state index contributed by atoms with van der Waals surface area (Å²) in [7, 11) is -3.95. The minimum Gasteiger partial charge on any atom is -0.490 e. The Bertz CT molecular complexity index is 547. The molecule has 0 saturated carbocycles. The zero-order valence-corrected chi connectivity index (χ0v) is 11.8. The van der Waals surface area contributed by atoms with Gasteiger partial charge in [-0.3, -0.25) is 0 Å². The van der Waals surface area contributed by atoms with Crippen LogP contribution in [-0.2, 0) is 14.9 Å². The highest BCUT2D eigenvalue weighted by molar-refractivity contribution is 7.88. The molecule has 0 unspecified atom stereocenters. The van der Waals surface area contributed by atoms with Crippen LogP contribution in [0.3, 0.4) is 0 Å². The second-order valence-corrected chi connectivity index (χ2v) is 5.11. The maximum Gasteiger partial charge on any atom is 0.421 e. The van der Waals surface area contributed by atoms with Crippen molar-refractivity contribution in [2.45, 2.75) is 6.92 Å². The second kappa shape index (κ2) is 7.56. The van der Waals surface area contributed by atoms with Crippen LogP contribution in [-0.4, -0.2) is 34.3 Å². The van der Waals surface area contributed by atoms with Gasteiger partial charge in [0.2, 0.25) is 0 Å². The number of ether oxygens (including phenoxy) is 2. The minimum atomic E-state index is -3.95. The van der Waals surface area contributed by atoms with Gasteiger partial charge in [-0.15, -0.1) is 0 Å². The summed E-state index contributed by atoms with van der Waals surface area (Å²) in [6, 6.07) is 6.84. The van der Waals surface area contributed by atoms with Crippen LogP contribution >= 0.6 is 0 Å². The lowest BCUT2D eigenvalue weighted by molar-refractivity contribution is 0.158. The fourth-order valence-corrected chi connectivity index (χ4v) is 1.96. The summed E-state index contributed by atoms with van der Waals surface area (Å²) in [5, 5.41) is 0. The predicted octanol–water partition coefficient (Wildman–Crippen LogP) is 0.228. The van der Waals surface area contributed by atoms with Crippen LogP contribution in [0.5, 0.6) is 5.75 Å². The number of hydrogen-bond donors (Lipinski definition) is 3. The maximum absolute atomic E-state index is 11.4. The van der Waals surface area contributed by atoms with Gasteiger partial charge in [-0.2, -0.15) is 13.1 Å². The Kier molecular flexibility index (Phi) is 6.07. The average Bonchev–Trinajstić information content (AvgIpc) is 2.36. The quantitative estimate of drug-likeness (QED) is 0.490. The predicted molar refractivity (Wildman–Crippen MR) is 73.4 cm³/mol. The molecule has 0 heterocycles. The van der Waals surface area contributed by atoms with E-state index in [0.717, 1.165) is 0 Å². The molecule has 1 aromatic rings. The largest absolute Gasteiger partial charge is 0.490 e. The van der Waals surface area contributed by atoms with Gasteiger partial charge in [0.1, 0.15) is 12.4 Å². The van der Waals surface area contributed by atoms with Crippen molar-refractivity contribution < 1.29 is 22.7 Å². The average molecular weight is 303 g/mol. The molecule has 8 nitrogen and oxygen atoms in total. The van der Waals surface area contributed by atoms with Crippen molar-refractivity contribution in [1.82, 2.24) is 9.44 Å². The van der Waals surface area contributed by atoms with E-state index >= 15 is 0 Å². The molecular formula is C11H17N3O5S. The SMILES string of the molecule is CCOC(=O)NS(=O)(=O)NCCOc1ccccc1N. The van der Waals surface area contributed by atoms with Gasteiger partial charge < -0.3 is 15.2 Å². The van der Waals surface area contributed by atoms with Crippen molar-refractivity contribution >= 4 is 22.0 Å². The first kappa shape index (κ1) is 16.1. The molecule has 112 valence electrons. The molecule has 1 rings (SSSR count). The van der Waals surface area contributed by atoms with Crippen LogP contribution in [0.1, 0.15) is 6.92 Å². The van der Waals surface area contributed by atoms with Crippen molar-refractivity contribution in [1.29, 1.82) is 0 Å². The number of nitrogen functional groups attached to an aromatic ring is 1. The van der Waals surface area contributed by atoms with Crippen LogP contribution in [0.2, 0.25) is 0 Å². The summed E-state index contributed by atoms with van der Waals surface area (Å²) < 4.78 is 36.3. The van der Waals surface area contributed by atoms with Gasteiger partial charge in [-0.1, -0.05) is 12.1 Å². The molecule has 0 atom stereocenters. The minimum absolute atomic E-state index is 0.0247. The molecule has 0 aliphatic heterocycles. The van der Waals surface area contributed by atoms with E-state index in [9.17, 15) is 13.2 Å². The Morgan fingerprint density at radius 2 is 2.05 bits per heavy atom. The van der Waals surface area contributed by atoms with Gasteiger partial charge in [0.25, 0.3) is 0 Å². The highest BCUT2D eigenvalue weighted by atomic mass is 32.2. The number of hydrogen-bond acceptors (Lipinski definition) is 6. The highest BCUT2D eigenvalue weighted by Crippen LogP contribution is 2.19. The molecule has 0 aliphatic rings. The van der Waals surface area contributed by atoms with E-state index in [0.29, 0.717) is 11.4 Å². The Morgan fingerprint density at radius 1 is 1.35 bits per heavy atom. The van der Waals surface area contributed by atoms with E-state index in [1.165, 1.54) is 0 Å². The summed E-state index contributed by atoms with van der Waals surface area (Å²) in [6.45, 7) is 1.69. The molecular weight excluding hydrogens is 286 g/mol. The Balaban J connectivity index is 2.33. The zero-order valence-electron chi connectivity index (χ0n) is 11.0. The van der Waals surface area contributed by atoms with Crippen molar-refractivity contribution in [3.63, 3.8) is 0 Å². The number of benzene rings is 1. The molecule has 20 heavy (non-hydrogen) atoms. The van der Waals surface area contributed by atoms with Crippen LogP contribution in [0.4, 0.5) is 10.5 Å². The monoisotopic (exact) mass is 303 g/mol. The lowest BCUT2D eigenvalue weighted by Gasteiger charge is -2.10. The van der Waals surface area contributed by atoms with Crippen molar-refractivity contribution in [3.05, 3.63) is 24.3 Å². The summed E-state index contributed by atoms with van der Waals surface area (Å²) in [4.78, 5) is 11.0. The smallest absolute Gasteiger partial charge is 0.421 e. The molecule has 0 aromatic heterocycles. The van der Waals surface area contributed by atoms with Gasteiger partial charge in [0, 0.05) is 6.54 Å². The molecule has 9 heteroatoms. The first-order valence-corrected chi connectivity index (χ1v) is 7.34. The Hall–Kier alpha value is -2.00. The third-order valence-corrected chi connectivity index (χ3v) is 3.08. The number of nitrogens with one attached hydrogen (secondary N) is 2. The fraction of sp³-hybridized carbons (Fsp3) is 0.364. The first-order chi connectivity index (χ1) is 9.44. The molecule has 0 fully saturated rings. The van der Waals surface area contributed by atoms with Gasteiger partial charge >= 0.3 is 16.3 Å². The first-order valence-electron chi connectivity index (χ1n) is 5.86. The number of carbonyl (C=O) groups excluding carboxylic acids is 1. The van der Waals surface area contributed by atoms with E-state index < -0.39 is 16.3 Å². The molecule has 4 N–H and O–H groups in total. The molecule has 0 saturated heterocycles. The van der Waals surface area contributed by atoms with Gasteiger partial charge in [-0.05, 0) is 19.1 Å². The van der Waals surface area contributed by atoms with Crippen molar-refractivity contribution in [2.24, 2.45) is 0 Å². The normalized spacial score (nSPS) is 10.8. The van der Waals surface area contributed by atoms with E-state index in [1.807, 2.05) is 0 Å². The summed E-state index contributed by atoms with van der Waals surface area (Å²) in [5.74, 6) is 0.463. The standard InChI is InChI=1S/C11H17N3O5S/c1-2-18-11(15)14-20(16,17)13-7-8-19-10-6-4-3-5-9(10)12/h3-6,13H,2,7-8,12H2,1H3,(H,14,15). The third-order valence-electron chi connectivity index (χ3n) is 2.06. The number of carbonyl (C=O) groups is 1. The number of rotatable bonds is 7. The molecule has 0 bridgehead atoms. The Labute approximate surface area is 117 Å². The van der Waals surface area contributed by atoms with Gasteiger partial charge in [0.15, 0.2) is 0 Å². The van der Waals surface area contributed by atoms with Crippen molar-refractivity contribution in [3.8, 4) is 5.75 Å². The van der Waals surface area contributed by atoms with Crippen molar-refractivity contribution in [2.75, 3.05) is 25.5 Å². The molecule has 0 radical (unpaired) electrons. The van der Waals surface area contributed by atoms with E-state index in [1.54, 1.807) is 35.9 Å². The van der Waals surface area contributed by atoms with E-state index in [-0.39, 0.29) is 19.8 Å². The van der Waals surface area contributed by atoms with Crippen LogP contribution < -0.4 is 19.9 Å². The lowest BCUT2D eigenvalue weighted by Crippen LogP contribution is -2.42. The highest BCUT2D eigenvalue weighted by Gasteiger charge is 2.14. The summed E-state index contributed by atoms with van der Waals surface area (Å²) in [5.41, 5.74) is 6.11. The molecule has 0 spiro atoms.